The van der Waals surface area contributed by atoms with Crippen LogP contribution in [0.25, 0.3) is 11.4 Å². The maximum Gasteiger partial charge on any atom is 0.295 e. The van der Waals surface area contributed by atoms with Crippen LogP contribution in [0.15, 0.2) is 65.6 Å². The lowest BCUT2D eigenvalue weighted by molar-refractivity contribution is 0.402. The topological polar surface area (TPSA) is 53.4 Å². The Morgan fingerprint density at radius 1 is 0.957 bits per heavy atom. The van der Waals surface area contributed by atoms with Crippen LogP contribution in [0.5, 0.6) is 17.2 Å². The van der Waals surface area contributed by atoms with Gasteiger partial charge in [0.15, 0.2) is 0 Å². The first-order chi connectivity index (χ1) is 11.2. The van der Waals surface area contributed by atoms with E-state index in [9.17, 15) is 4.79 Å². The van der Waals surface area contributed by atoms with Crippen LogP contribution >= 0.6 is 0 Å². The van der Waals surface area contributed by atoms with Crippen LogP contribution in [-0.4, -0.2) is 16.7 Å². The third kappa shape index (κ3) is 3.08. The highest BCUT2D eigenvalue weighted by Crippen LogP contribution is 2.24. The molecule has 0 spiro atoms. The number of aromatic nitrogens is 2. The maximum atomic E-state index is 12.1. The number of methoxy groups -OCH3 is 1. The van der Waals surface area contributed by atoms with E-state index in [4.69, 9.17) is 9.47 Å². The molecule has 0 aliphatic rings. The van der Waals surface area contributed by atoms with Crippen molar-refractivity contribution in [2.75, 3.05) is 7.11 Å². The van der Waals surface area contributed by atoms with E-state index in [1.807, 2.05) is 54.6 Å². The normalized spacial score (nSPS) is 10.3. The smallest absolute Gasteiger partial charge is 0.295 e. The highest BCUT2D eigenvalue weighted by Gasteiger charge is 2.09. The van der Waals surface area contributed by atoms with Crippen LogP contribution in [0, 0.1) is 0 Å². The third-order valence-corrected chi connectivity index (χ3v) is 3.45. The molecule has 0 aliphatic heterocycles. The molecule has 3 aromatic rings. The molecule has 116 valence electrons. The molecule has 0 saturated carbocycles. The van der Waals surface area contributed by atoms with Gasteiger partial charge in [-0.3, -0.25) is 9.36 Å². The summed E-state index contributed by atoms with van der Waals surface area (Å²) < 4.78 is 12.2. The van der Waals surface area contributed by atoms with E-state index >= 15 is 0 Å². The predicted molar refractivity (Wildman–Crippen MR) is 88.0 cm³/mol. The van der Waals surface area contributed by atoms with Gasteiger partial charge in [-0.15, -0.1) is 0 Å². The molecule has 0 amide bonds. The van der Waals surface area contributed by atoms with E-state index in [2.05, 4.69) is 4.98 Å². The quantitative estimate of drug-likeness (QED) is 0.742. The Morgan fingerprint density at radius 3 is 2.26 bits per heavy atom. The molecule has 0 fully saturated rings. The van der Waals surface area contributed by atoms with Gasteiger partial charge in [0.2, 0.25) is 5.75 Å². The number of benzene rings is 2. The Balaban J connectivity index is 1.88. The molecule has 0 saturated heterocycles. The van der Waals surface area contributed by atoms with Crippen LogP contribution < -0.4 is 15.0 Å². The molecule has 0 bridgehead atoms. The van der Waals surface area contributed by atoms with Gasteiger partial charge in [-0.25, -0.2) is 4.98 Å². The molecule has 0 radical (unpaired) electrons. The summed E-state index contributed by atoms with van der Waals surface area (Å²) in [6.07, 6.45) is 1.44. The van der Waals surface area contributed by atoms with Crippen molar-refractivity contribution in [3.8, 4) is 28.6 Å². The summed E-state index contributed by atoms with van der Waals surface area (Å²) in [5.74, 6) is 2.29. The van der Waals surface area contributed by atoms with E-state index < -0.39 is 0 Å². The van der Waals surface area contributed by atoms with Gasteiger partial charge in [0, 0.05) is 12.6 Å². The standard InChI is InChI=1S/C18H16N2O3/c1-20-17(19-12-16(22-2)18(20)21)13-8-10-15(11-9-13)23-14-6-4-3-5-7-14/h3-12H,1-2H3. The fourth-order valence-electron chi connectivity index (χ4n) is 2.23. The van der Waals surface area contributed by atoms with Gasteiger partial charge >= 0.3 is 0 Å². The van der Waals surface area contributed by atoms with Crippen molar-refractivity contribution in [1.29, 1.82) is 0 Å². The second-order valence-electron chi connectivity index (χ2n) is 4.95. The van der Waals surface area contributed by atoms with Gasteiger partial charge in [-0.2, -0.15) is 0 Å². The van der Waals surface area contributed by atoms with Gasteiger partial charge < -0.3 is 9.47 Å². The summed E-state index contributed by atoms with van der Waals surface area (Å²) in [6, 6.07) is 17.0. The first-order valence-corrected chi connectivity index (χ1v) is 7.12. The fraction of sp³-hybridized carbons (Fsp3) is 0.111. The molecule has 23 heavy (non-hydrogen) atoms. The monoisotopic (exact) mass is 308 g/mol. The number of ether oxygens (including phenoxy) is 2. The molecule has 0 N–H and O–H groups in total. The van der Waals surface area contributed by atoms with Crippen molar-refractivity contribution in [3.63, 3.8) is 0 Å². The molecule has 1 aromatic heterocycles. The Hall–Kier alpha value is -3.08. The van der Waals surface area contributed by atoms with Crippen LogP contribution in [0.3, 0.4) is 0 Å². The first kappa shape index (κ1) is 14.8. The number of hydrogen-bond donors (Lipinski definition) is 0. The number of hydrogen-bond acceptors (Lipinski definition) is 4. The molecule has 5 nitrogen and oxygen atoms in total. The van der Waals surface area contributed by atoms with E-state index in [0.717, 1.165) is 17.1 Å². The summed E-state index contributed by atoms with van der Waals surface area (Å²) in [7, 11) is 3.12. The largest absolute Gasteiger partial charge is 0.490 e. The highest BCUT2D eigenvalue weighted by atomic mass is 16.5. The van der Waals surface area contributed by atoms with Gasteiger partial charge in [0.05, 0.1) is 13.3 Å². The third-order valence-electron chi connectivity index (χ3n) is 3.45. The summed E-state index contributed by atoms with van der Waals surface area (Å²) in [4.78, 5) is 16.4. The molecular weight excluding hydrogens is 292 g/mol. The van der Waals surface area contributed by atoms with Gasteiger partial charge in [0.1, 0.15) is 17.3 Å². The summed E-state index contributed by atoms with van der Waals surface area (Å²) >= 11 is 0. The van der Waals surface area contributed by atoms with Crippen LogP contribution in [0.2, 0.25) is 0 Å². The second-order valence-corrected chi connectivity index (χ2v) is 4.95. The van der Waals surface area contributed by atoms with Crippen molar-refractivity contribution in [3.05, 3.63) is 71.1 Å². The van der Waals surface area contributed by atoms with Crippen LogP contribution in [0.4, 0.5) is 0 Å². The van der Waals surface area contributed by atoms with Crippen molar-refractivity contribution in [2.45, 2.75) is 0 Å². The van der Waals surface area contributed by atoms with E-state index in [0.29, 0.717) is 5.82 Å². The Morgan fingerprint density at radius 2 is 1.61 bits per heavy atom. The van der Waals surface area contributed by atoms with Crippen molar-refractivity contribution in [1.82, 2.24) is 9.55 Å². The zero-order valence-corrected chi connectivity index (χ0v) is 12.9. The summed E-state index contributed by atoms with van der Waals surface area (Å²) in [5, 5.41) is 0. The Bertz CT molecular complexity index is 856. The van der Waals surface area contributed by atoms with E-state index in [-0.39, 0.29) is 11.3 Å². The average molecular weight is 308 g/mol. The molecule has 0 unspecified atom stereocenters. The van der Waals surface area contributed by atoms with Gasteiger partial charge in [-0.05, 0) is 36.4 Å². The Kier molecular flexibility index (Phi) is 4.10. The lowest BCUT2D eigenvalue weighted by Crippen LogP contribution is -2.21. The lowest BCUT2D eigenvalue weighted by Gasteiger charge is -2.10. The molecule has 5 heteroatoms. The molecule has 0 aliphatic carbocycles. The summed E-state index contributed by atoms with van der Waals surface area (Å²) in [5.41, 5.74) is 0.606. The van der Waals surface area contributed by atoms with Crippen molar-refractivity contribution >= 4 is 0 Å². The first-order valence-electron chi connectivity index (χ1n) is 7.12. The number of rotatable bonds is 4. The molecule has 0 atom stereocenters. The van der Waals surface area contributed by atoms with Gasteiger partial charge in [-0.1, -0.05) is 18.2 Å². The zero-order valence-electron chi connectivity index (χ0n) is 12.9. The van der Waals surface area contributed by atoms with Crippen LogP contribution in [-0.2, 0) is 7.05 Å². The highest BCUT2D eigenvalue weighted by molar-refractivity contribution is 5.57. The SMILES string of the molecule is COc1cnc(-c2ccc(Oc3ccccc3)cc2)n(C)c1=O. The van der Waals surface area contributed by atoms with Gasteiger partial charge in [0.25, 0.3) is 5.56 Å². The Labute approximate surface area is 133 Å². The minimum absolute atomic E-state index is 0.220. The second kappa shape index (κ2) is 6.36. The van der Waals surface area contributed by atoms with Crippen LogP contribution in [0.1, 0.15) is 0 Å². The van der Waals surface area contributed by atoms with E-state index in [1.165, 1.54) is 17.9 Å². The zero-order chi connectivity index (χ0) is 16.2. The maximum absolute atomic E-state index is 12.1. The van der Waals surface area contributed by atoms with E-state index in [1.54, 1.807) is 7.05 Å². The van der Waals surface area contributed by atoms with Crippen molar-refractivity contribution < 1.29 is 9.47 Å². The van der Waals surface area contributed by atoms with Crippen molar-refractivity contribution in [2.24, 2.45) is 7.05 Å². The minimum Gasteiger partial charge on any atom is -0.490 e. The average Bonchev–Trinajstić information content (AvgIpc) is 2.59. The predicted octanol–water partition coefficient (Wildman–Crippen LogP) is 3.25. The number of para-hydroxylation sites is 1. The minimum atomic E-state index is -0.220. The summed E-state index contributed by atoms with van der Waals surface area (Å²) in [6.45, 7) is 0. The molecule has 1 heterocycles. The fourth-order valence-corrected chi connectivity index (χ4v) is 2.23. The number of nitrogens with zero attached hydrogens (tertiary/aromatic N) is 2. The molecule has 2 aromatic carbocycles. The molecular formula is C18H16N2O3. The lowest BCUT2D eigenvalue weighted by atomic mass is 10.2. The molecule has 3 rings (SSSR count).